The number of carboxylic acid groups (broad SMARTS) is 1. The molecule has 3 nitrogen and oxygen atoms in total. The number of rotatable bonds is 4. The number of nitriles is 1. The van der Waals surface area contributed by atoms with Crippen molar-refractivity contribution in [1.82, 2.24) is 0 Å². The summed E-state index contributed by atoms with van der Waals surface area (Å²) in [6.45, 7) is 4.02. The first-order valence-electron chi connectivity index (χ1n) is 3.70. The zero-order chi connectivity index (χ0) is 8.85. The second kappa shape index (κ2) is 7.60. The number of hydrogen-bond donors (Lipinski definition) is 1. The summed E-state index contributed by atoms with van der Waals surface area (Å²) in [6, 6.07) is 1.76. The first-order chi connectivity index (χ1) is 5.07. The second-order valence-electron chi connectivity index (χ2n) is 2.99. The van der Waals surface area contributed by atoms with Gasteiger partial charge in [-0.1, -0.05) is 13.8 Å². The van der Waals surface area contributed by atoms with Crippen LogP contribution in [-0.4, -0.2) is 11.1 Å². The maximum Gasteiger partial charge on any atom is 1.00 e. The van der Waals surface area contributed by atoms with Gasteiger partial charge in [-0.05, 0) is 18.8 Å². The molecule has 0 aliphatic carbocycles. The van der Waals surface area contributed by atoms with Crippen LogP contribution in [0.3, 0.4) is 0 Å². The van der Waals surface area contributed by atoms with E-state index in [1.165, 1.54) is 0 Å². The molecular weight excluding hydrogens is 165 g/mol. The SMILES string of the molecule is CC(C)CCC(C#N)C(=O)O.[H-].[Na+]. The molecule has 0 aromatic heterocycles. The van der Waals surface area contributed by atoms with Gasteiger partial charge in [0.2, 0.25) is 0 Å². The summed E-state index contributed by atoms with van der Waals surface area (Å²) in [5.41, 5.74) is 0. The molecule has 0 aromatic carbocycles. The van der Waals surface area contributed by atoms with Crippen LogP contribution in [0.2, 0.25) is 0 Å². The van der Waals surface area contributed by atoms with Crippen LogP contribution in [0.25, 0.3) is 0 Å². The Hall–Kier alpha value is -0.0400. The summed E-state index contributed by atoms with van der Waals surface area (Å²) in [7, 11) is 0. The van der Waals surface area contributed by atoms with E-state index in [4.69, 9.17) is 10.4 Å². The summed E-state index contributed by atoms with van der Waals surface area (Å²) in [5, 5.41) is 16.8. The first kappa shape index (κ1) is 14.5. The van der Waals surface area contributed by atoms with E-state index in [1.807, 2.05) is 13.8 Å². The van der Waals surface area contributed by atoms with Gasteiger partial charge in [-0.15, -0.1) is 0 Å². The van der Waals surface area contributed by atoms with Gasteiger partial charge in [-0.2, -0.15) is 5.26 Å². The fourth-order valence-electron chi connectivity index (χ4n) is 0.743. The molecule has 0 heterocycles. The van der Waals surface area contributed by atoms with Crippen molar-refractivity contribution in [2.45, 2.75) is 26.7 Å². The van der Waals surface area contributed by atoms with E-state index in [0.717, 1.165) is 6.42 Å². The monoisotopic (exact) mass is 179 g/mol. The first-order valence-corrected chi connectivity index (χ1v) is 3.70. The molecule has 0 radical (unpaired) electrons. The fourth-order valence-corrected chi connectivity index (χ4v) is 0.743. The Morgan fingerprint density at radius 1 is 1.58 bits per heavy atom. The number of carboxylic acids is 1. The van der Waals surface area contributed by atoms with Gasteiger partial charge in [0.15, 0.2) is 0 Å². The van der Waals surface area contributed by atoms with E-state index in [0.29, 0.717) is 12.3 Å². The minimum atomic E-state index is -1.01. The molecule has 0 rings (SSSR count). The molecule has 0 aliphatic rings. The molecule has 0 saturated carbocycles. The minimum absolute atomic E-state index is 0. The van der Waals surface area contributed by atoms with Crippen molar-refractivity contribution >= 4 is 5.97 Å². The van der Waals surface area contributed by atoms with E-state index >= 15 is 0 Å². The predicted octanol–water partition coefficient (Wildman–Crippen LogP) is -1.24. The van der Waals surface area contributed by atoms with E-state index in [2.05, 4.69) is 0 Å². The van der Waals surface area contributed by atoms with E-state index in [9.17, 15) is 4.79 Å². The van der Waals surface area contributed by atoms with Gasteiger partial charge < -0.3 is 6.53 Å². The molecule has 0 bridgehead atoms. The standard InChI is InChI=1S/C8H13NO2.Na.H/c1-6(2)3-4-7(5-9)8(10)11;;/h6-7H,3-4H2,1-2H3,(H,10,11);;/q;+1;-1. The Labute approximate surface area is 96.5 Å². The second-order valence-corrected chi connectivity index (χ2v) is 2.99. The van der Waals surface area contributed by atoms with Gasteiger partial charge in [-0.3, -0.25) is 4.79 Å². The minimum Gasteiger partial charge on any atom is -1.00 e. The van der Waals surface area contributed by atoms with Crippen molar-refractivity contribution < 1.29 is 40.9 Å². The molecule has 64 valence electrons. The largest absolute Gasteiger partial charge is 1.00 e. The van der Waals surface area contributed by atoms with Gasteiger partial charge in [0, 0.05) is 0 Å². The summed E-state index contributed by atoms with van der Waals surface area (Å²) in [6.07, 6.45) is 1.26. The van der Waals surface area contributed by atoms with Crippen molar-refractivity contribution in [1.29, 1.82) is 5.26 Å². The van der Waals surface area contributed by atoms with Crippen molar-refractivity contribution in [2.24, 2.45) is 11.8 Å². The normalized spacial score (nSPS) is 11.5. The third-order valence-corrected chi connectivity index (χ3v) is 1.49. The quantitative estimate of drug-likeness (QED) is 0.549. The van der Waals surface area contributed by atoms with Gasteiger partial charge in [-0.25, -0.2) is 0 Å². The number of aliphatic carboxylic acids is 1. The molecule has 1 N–H and O–H groups in total. The van der Waals surface area contributed by atoms with Crippen molar-refractivity contribution in [3.8, 4) is 6.07 Å². The molecular formula is C8H14NNaO2. The van der Waals surface area contributed by atoms with Gasteiger partial charge in [0.25, 0.3) is 0 Å². The van der Waals surface area contributed by atoms with E-state index in [-0.39, 0.29) is 31.0 Å². The van der Waals surface area contributed by atoms with Gasteiger partial charge >= 0.3 is 35.5 Å². The predicted molar refractivity (Wildman–Crippen MR) is 41.9 cm³/mol. The molecule has 0 fully saturated rings. The molecule has 0 aliphatic heterocycles. The van der Waals surface area contributed by atoms with Crippen LogP contribution in [0, 0.1) is 23.2 Å². The Bertz CT molecular complexity index is 179. The average molecular weight is 179 g/mol. The Balaban J connectivity index is -0.000000500. The van der Waals surface area contributed by atoms with Crippen LogP contribution < -0.4 is 29.6 Å². The summed E-state index contributed by atoms with van der Waals surface area (Å²) in [5.74, 6) is -1.37. The van der Waals surface area contributed by atoms with Gasteiger partial charge in [0.05, 0.1) is 6.07 Å². The molecule has 12 heavy (non-hydrogen) atoms. The third kappa shape index (κ3) is 6.66. The Morgan fingerprint density at radius 3 is 2.33 bits per heavy atom. The van der Waals surface area contributed by atoms with Crippen LogP contribution in [-0.2, 0) is 4.79 Å². The number of nitrogens with zero attached hydrogens (tertiary/aromatic N) is 1. The van der Waals surface area contributed by atoms with Gasteiger partial charge in [0.1, 0.15) is 5.92 Å². The third-order valence-electron chi connectivity index (χ3n) is 1.49. The maximum atomic E-state index is 10.3. The Kier molecular flexibility index (Phi) is 9.17. The maximum absolute atomic E-state index is 10.3. The van der Waals surface area contributed by atoms with Crippen LogP contribution in [0.1, 0.15) is 28.1 Å². The van der Waals surface area contributed by atoms with Crippen molar-refractivity contribution in [3.63, 3.8) is 0 Å². The molecule has 4 heteroatoms. The smallest absolute Gasteiger partial charge is 1.00 e. The molecule has 0 saturated heterocycles. The van der Waals surface area contributed by atoms with E-state index < -0.39 is 11.9 Å². The zero-order valence-corrected chi connectivity index (χ0v) is 9.87. The number of hydrogen-bond acceptors (Lipinski definition) is 2. The molecule has 0 amide bonds. The topological polar surface area (TPSA) is 61.1 Å². The van der Waals surface area contributed by atoms with Crippen LogP contribution >= 0.6 is 0 Å². The molecule has 1 unspecified atom stereocenters. The summed E-state index contributed by atoms with van der Waals surface area (Å²) >= 11 is 0. The van der Waals surface area contributed by atoms with E-state index in [1.54, 1.807) is 6.07 Å². The Morgan fingerprint density at radius 2 is 2.08 bits per heavy atom. The van der Waals surface area contributed by atoms with Crippen LogP contribution in [0.5, 0.6) is 0 Å². The fraction of sp³-hybridized carbons (Fsp3) is 0.750. The molecule has 0 spiro atoms. The average Bonchev–Trinajstić information content (AvgIpc) is 1.87. The molecule has 0 aromatic rings. The zero-order valence-electron chi connectivity index (χ0n) is 8.87. The summed E-state index contributed by atoms with van der Waals surface area (Å²) in [4.78, 5) is 10.3. The van der Waals surface area contributed by atoms with Crippen molar-refractivity contribution in [2.75, 3.05) is 0 Å². The number of carbonyl (C=O) groups is 1. The summed E-state index contributed by atoms with van der Waals surface area (Å²) < 4.78 is 0. The van der Waals surface area contributed by atoms with Crippen molar-refractivity contribution in [3.05, 3.63) is 0 Å². The van der Waals surface area contributed by atoms with Crippen LogP contribution in [0.15, 0.2) is 0 Å². The van der Waals surface area contributed by atoms with Crippen LogP contribution in [0.4, 0.5) is 0 Å². The molecule has 1 atom stereocenters.